The number of aliphatic carboxylic acids is 1. The third-order valence-electron chi connectivity index (χ3n) is 1.88. The first-order valence-electron chi connectivity index (χ1n) is 4.37. The summed E-state index contributed by atoms with van der Waals surface area (Å²) in [6, 6.07) is 0.985. The highest BCUT2D eigenvalue weighted by atomic mass is 35.5. The molecule has 90 valence electrons. The molecule has 0 atom stereocenters. The fourth-order valence-corrected chi connectivity index (χ4v) is 1.40. The maximum Gasteiger partial charge on any atom is 0.365 e. The molecule has 0 aliphatic heterocycles. The average Bonchev–Trinajstić information content (AvgIpc) is 2.55. The molecule has 0 unspecified atom stereocenters. The molecular weight excluding hydrogens is 258 g/mol. The van der Waals surface area contributed by atoms with Crippen LogP contribution >= 0.6 is 11.6 Å². The second-order valence-corrected chi connectivity index (χ2v) is 3.61. The van der Waals surface area contributed by atoms with Crippen molar-refractivity contribution in [3.8, 4) is 0 Å². The quantitative estimate of drug-likeness (QED) is 0.836. The number of carbonyl (C=O) groups is 1. The lowest BCUT2D eigenvalue weighted by atomic mass is 10.4. The molecule has 0 aromatic carbocycles. The van der Waals surface area contributed by atoms with Crippen LogP contribution in [0.2, 0.25) is 0 Å². The SMILES string of the molecule is O=C(O)Cc1nc2nccc(C(F)(F)Cl)n2n1. The highest BCUT2D eigenvalue weighted by Gasteiger charge is 2.32. The monoisotopic (exact) mass is 262 g/mol. The number of hydrogen-bond acceptors (Lipinski definition) is 4. The van der Waals surface area contributed by atoms with Crippen LogP contribution in [0.25, 0.3) is 5.78 Å². The zero-order chi connectivity index (χ0) is 12.6. The van der Waals surface area contributed by atoms with Gasteiger partial charge in [0.1, 0.15) is 12.1 Å². The highest BCUT2D eigenvalue weighted by Crippen LogP contribution is 2.31. The molecule has 0 spiro atoms. The molecule has 1 N–H and O–H groups in total. The average molecular weight is 263 g/mol. The maximum atomic E-state index is 13.0. The van der Waals surface area contributed by atoms with Crippen LogP contribution in [0.1, 0.15) is 11.5 Å². The van der Waals surface area contributed by atoms with Gasteiger partial charge < -0.3 is 5.11 Å². The van der Waals surface area contributed by atoms with Crippen LogP contribution in [0, 0.1) is 0 Å². The van der Waals surface area contributed by atoms with Gasteiger partial charge in [0.25, 0.3) is 5.78 Å². The number of hydrogen-bond donors (Lipinski definition) is 1. The molecule has 0 bridgehead atoms. The van der Waals surface area contributed by atoms with E-state index >= 15 is 0 Å². The van der Waals surface area contributed by atoms with Gasteiger partial charge in [-0.05, 0) is 17.7 Å². The minimum atomic E-state index is -3.63. The Bertz CT molecular complexity index is 580. The second-order valence-electron chi connectivity index (χ2n) is 3.14. The predicted octanol–water partition coefficient (Wildman–Crippen LogP) is 1.04. The lowest BCUT2D eigenvalue weighted by Gasteiger charge is -2.07. The topological polar surface area (TPSA) is 80.4 Å². The Morgan fingerprint density at radius 3 is 2.88 bits per heavy atom. The summed E-state index contributed by atoms with van der Waals surface area (Å²) in [5.74, 6) is -1.41. The fraction of sp³-hybridized carbons (Fsp3) is 0.250. The first-order valence-corrected chi connectivity index (χ1v) is 4.75. The first-order chi connectivity index (χ1) is 7.88. The molecule has 2 aromatic heterocycles. The van der Waals surface area contributed by atoms with Gasteiger partial charge >= 0.3 is 11.4 Å². The van der Waals surface area contributed by atoms with Gasteiger partial charge in [0.2, 0.25) is 0 Å². The Kier molecular flexibility index (Phi) is 2.66. The van der Waals surface area contributed by atoms with Crippen molar-refractivity contribution in [3.63, 3.8) is 0 Å². The Morgan fingerprint density at radius 2 is 2.29 bits per heavy atom. The third-order valence-corrected chi connectivity index (χ3v) is 2.08. The molecule has 0 radical (unpaired) electrons. The normalized spacial score (nSPS) is 11.9. The Labute approximate surface area is 97.9 Å². The molecule has 2 heterocycles. The molecule has 0 amide bonds. The van der Waals surface area contributed by atoms with E-state index in [0.717, 1.165) is 16.8 Å². The number of nitrogens with zero attached hydrogens (tertiary/aromatic N) is 4. The van der Waals surface area contributed by atoms with Crippen molar-refractivity contribution in [3.05, 3.63) is 23.8 Å². The van der Waals surface area contributed by atoms with Crippen molar-refractivity contribution in [2.24, 2.45) is 0 Å². The summed E-state index contributed by atoms with van der Waals surface area (Å²) in [6.07, 6.45) is 0.622. The Morgan fingerprint density at radius 1 is 1.59 bits per heavy atom. The first kappa shape index (κ1) is 11.6. The molecule has 17 heavy (non-hydrogen) atoms. The van der Waals surface area contributed by atoms with Gasteiger partial charge in [-0.1, -0.05) is 0 Å². The van der Waals surface area contributed by atoms with Gasteiger partial charge in [-0.3, -0.25) is 4.79 Å². The third kappa shape index (κ3) is 2.31. The van der Waals surface area contributed by atoms with Gasteiger partial charge in [-0.2, -0.15) is 18.3 Å². The van der Waals surface area contributed by atoms with E-state index in [1.54, 1.807) is 0 Å². The maximum absolute atomic E-state index is 13.0. The predicted molar refractivity (Wildman–Crippen MR) is 51.9 cm³/mol. The fourth-order valence-electron chi connectivity index (χ4n) is 1.26. The van der Waals surface area contributed by atoms with Gasteiger partial charge in [-0.15, -0.1) is 5.10 Å². The number of rotatable bonds is 3. The van der Waals surface area contributed by atoms with E-state index in [0.29, 0.717) is 0 Å². The molecule has 0 fully saturated rings. The number of carboxylic acids is 1. The Balaban J connectivity index is 2.57. The smallest absolute Gasteiger partial charge is 0.365 e. The number of aromatic nitrogens is 4. The summed E-state index contributed by atoms with van der Waals surface area (Å²) in [7, 11) is 0. The molecule has 2 aromatic rings. The van der Waals surface area contributed by atoms with Crippen LogP contribution in [-0.2, 0) is 16.6 Å². The summed E-state index contributed by atoms with van der Waals surface area (Å²) in [5, 5.41) is 8.52. The summed E-state index contributed by atoms with van der Waals surface area (Å²) < 4.78 is 26.7. The molecule has 0 aliphatic rings. The number of carboxylic acid groups (broad SMARTS) is 1. The van der Waals surface area contributed by atoms with E-state index in [1.165, 1.54) is 0 Å². The molecule has 6 nitrogen and oxygen atoms in total. The van der Waals surface area contributed by atoms with Crippen molar-refractivity contribution < 1.29 is 18.7 Å². The standard InChI is InChI=1S/C8H5ClF2N4O2/c9-8(10,11)4-1-2-12-7-13-5(3-6(16)17)14-15(4)7/h1-2H,3H2,(H,16,17). The van der Waals surface area contributed by atoms with E-state index < -0.39 is 23.5 Å². The van der Waals surface area contributed by atoms with Crippen LogP contribution in [0.15, 0.2) is 12.3 Å². The Hall–Kier alpha value is -1.83. The van der Waals surface area contributed by atoms with Crippen molar-refractivity contribution in [2.75, 3.05) is 0 Å². The van der Waals surface area contributed by atoms with Gasteiger partial charge in [0, 0.05) is 6.20 Å². The van der Waals surface area contributed by atoms with Crippen LogP contribution < -0.4 is 0 Å². The molecule has 9 heteroatoms. The van der Waals surface area contributed by atoms with Crippen molar-refractivity contribution >= 4 is 23.3 Å². The van der Waals surface area contributed by atoms with Crippen molar-refractivity contribution in [1.82, 2.24) is 19.6 Å². The number of halogens is 3. The van der Waals surface area contributed by atoms with Crippen LogP contribution in [0.4, 0.5) is 8.78 Å². The lowest BCUT2D eigenvalue weighted by molar-refractivity contribution is -0.136. The zero-order valence-corrected chi connectivity index (χ0v) is 8.90. The van der Waals surface area contributed by atoms with Gasteiger partial charge in [-0.25, -0.2) is 4.98 Å². The molecular formula is C8H5ClF2N4O2. The van der Waals surface area contributed by atoms with E-state index in [4.69, 9.17) is 16.7 Å². The molecule has 0 saturated heterocycles. The van der Waals surface area contributed by atoms with E-state index in [-0.39, 0.29) is 11.6 Å². The van der Waals surface area contributed by atoms with E-state index in [1.807, 2.05) is 0 Å². The van der Waals surface area contributed by atoms with Crippen LogP contribution in [0.5, 0.6) is 0 Å². The van der Waals surface area contributed by atoms with Gasteiger partial charge in [0.05, 0.1) is 0 Å². The zero-order valence-electron chi connectivity index (χ0n) is 8.14. The van der Waals surface area contributed by atoms with Crippen molar-refractivity contribution in [1.29, 1.82) is 0 Å². The largest absolute Gasteiger partial charge is 0.481 e. The minimum absolute atomic E-state index is 0.113. The summed E-state index contributed by atoms with van der Waals surface area (Å²) in [4.78, 5) is 17.8. The van der Waals surface area contributed by atoms with E-state index in [2.05, 4.69) is 15.1 Å². The lowest BCUT2D eigenvalue weighted by Crippen LogP contribution is -2.12. The second kappa shape index (κ2) is 3.88. The van der Waals surface area contributed by atoms with Crippen molar-refractivity contribution in [2.45, 2.75) is 11.8 Å². The molecule has 0 aliphatic carbocycles. The van der Waals surface area contributed by atoms with Gasteiger partial charge in [0.15, 0.2) is 5.82 Å². The van der Waals surface area contributed by atoms with Crippen LogP contribution in [0.3, 0.4) is 0 Å². The number of alkyl halides is 3. The van der Waals surface area contributed by atoms with Crippen LogP contribution in [-0.4, -0.2) is 30.7 Å². The minimum Gasteiger partial charge on any atom is -0.481 e. The molecule has 0 saturated carbocycles. The molecule has 2 rings (SSSR count). The van der Waals surface area contributed by atoms with E-state index in [9.17, 15) is 13.6 Å². The summed E-state index contributed by atoms with van der Waals surface area (Å²) in [5.41, 5.74) is -0.617. The summed E-state index contributed by atoms with van der Waals surface area (Å²) in [6.45, 7) is 0. The summed E-state index contributed by atoms with van der Waals surface area (Å²) >= 11 is 4.89. The number of fused-ring (bicyclic) bond motifs is 1. The highest BCUT2D eigenvalue weighted by molar-refractivity contribution is 6.21.